The third kappa shape index (κ3) is 3.65. The number of aryl methyl sites for hydroxylation is 2. The van der Waals surface area contributed by atoms with Crippen molar-refractivity contribution >= 4 is 16.9 Å². The number of hydrogen-bond donors (Lipinski definition) is 0. The Hall–Kier alpha value is -3.34. The van der Waals surface area contributed by atoms with Crippen molar-refractivity contribution in [3.63, 3.8) is 0 Å². The Labute approximate surface area is 181 Å². The first-order chi connectivity index (χ1) is 15.0. The summed E-state index contributed by atoms with van der Waals surface area (Å²) in [6.07, 6.45) is 3.73. The second-order valence-electron chi connectivity index (χ2n) is 8.05. The van der Waals surface area contributed by atoms with Gasteiger partial charge in [0.1, 0.15) is 11.3 Å². The summed E-state index contributed by atoms with van der Waals surface area (Å²) >= 11 is 0. The summed E-state index contributed by atoms with van der Waals surface area (Å²) in [6.45, 7) is 10.7. The molecular weight excluding hydrogens is 390 g/mol. The molecule has 1 aromatic heterocycles. The van der Waals surface area contributed by atoms with Gasteiger partial charge in [0.15, 0.2) is 5.43 Å². The van der Waals surface area contributed by atoms with E-state index in [-0.39, 0.29) is 17.1 Å². The zero-order chi connectivity index (χ0) is 22.1. The molecule has 1 unspecified atom stereocenters. The van der Waals surface area contributed by atoms with Crippen LogP contribution in [0.15, 0.2) is 58.3 Å². The molecule has 4 rings (SSSR count). The van der Waals surface area contributed by atoms with Crippen molar-refractivity contribution in [2.75, 3.05) is 13.2 Å². The van der Waals surface area contributed by atoms with Gasteiger partial charge in [-0.1, -0.05) is 37.6 Å². The van der Waals surface area contributed by atoms with Crippen molar-refractivity contribution < 1.29 is 13.9 Å². The van der Waals surface area contributed by atoms with E-state index >= 15 is 0 Å². The average molecular weight is 418 g/mol. The van der Waals surface area contributed by atoms with Crippen molar-refractivity contribution in [2.45, 2.75) is 39.7 Å². The Bertz CT molecular complexity index is 1210. The topological polar surface area (TPSA) is 59.8 Å². The summed E-state index contributed by atoms with van der Waals surface area (Å²) in [5, 5.41) is 0.508. The fourth-order valence-electron chi connectivity index (χ4n) is 4.23. The third-order valence-electron chi connectivity index (χ3n) is 5.69. The van der Waals surface area contributed by atoms with E-state index in [2.05, 4.69) is 13.5 Å². The molecule has 0 radical (unpaired) electrons. The number of carbonyl (C=O) groups is 1. The lowest BCUT2D eigenvalue weighted by molar-refractivity contribution is 0.0748. The van der Waals surface area contributed by atoms with Crippen LogP contribution in [0.4, 0.5) is 0 Å². The lowest BCUT2D eigenvalue weighted by Crippen LogP contribution is -2.29. The second kappa shape index (κ2) is 8.42. The van der Waals surface area contributed by atoms with Crippen molar-refractivity contribution in [3.05, 3.63) is 87.3 Å². The van der Waals surface area contributed by atoms with E-state index in [4.69, 9.17) is 9.15 Å². The molecule has 5 nitrogen and oxygen atoms in total. The largest absolute Gasteiger partial charge is 0.494 e. The molecule has 0 fully saturated rings. The van der Waals surface area contributed by atoms with Crippen LogP contribution in [0.3, 0.4) is 0 Å². The van der Waals surface area contributed by atoms with Gasteiger partial charge in [0.05, 0.1) is 23.6 Å². The molecule has 1 amide bonds. The van der Waals surface area contributed by atoms with Gasteiger partial charge in [-0.3, -0.25) is 9.59 Å². The zero-order valence-corrected chi connectivity index (χ0v) is 18.2. The van der Waals surface area contributed by atoms with Gasteiger partial charge in [-0.05, 0) is 55.2 Å². The second-order valence-corrected chi connectivity index (χ2v) is 8.05. The zero-order valence-electron chi connectivity index (χ0n) is 18.2. The standard InChI is InChI=1S/C26H27NO4/c1-5-7-13-30-19-10-8-18(9-11-19)22-21-23(28)20-15-16(3)14-17(4)24(20)31-25(21)26(29)27(22)12-6-2/h6,8-11,14-15,22H,2,5,7,12-13H2,1,3-4H3. The van der Waals surface area contributed by atoms with Gasteiger partial charge in [-0.25, -0.2) is 0 Å². The molecule has 3 aromatic rings. The molecule has 0 N–H and O–H groups in total. The maximum absolute atomic E-state index is 13.6. The number of unbranched alkanes of at least 4 members (excludes halogenated alkanes) is 1. The summed E-state index contributed by atoms with van der Waals surface area (Å²) < 4.78 is 11.8. The molecule has 2 heterocycles. The van der Waals surface area contributed by atoms with Crippen LogP contribution >= 0.6 is 0 Å². The summed E-state index contributed by atoms with van der Waals surface area (Å²) in [5.41, 5.74) is 3.37. The van der Waals surface area contributed by atoms with Crippen molar-refractivity contribution in [1.82, 2.24) is 4.90 Å². The number of ether oxygens (including phenoxy) is 1. The van der Waals surface area contributed by atoms with Gasteiger partial charge >= 0.3 is 0 Å². The molecule has 0 saturated heterocycles. The molecule has 0 saturated carbocycles. The van der Waals surface area contributed by atoms with Crippen LogP contribution in [-0.2, 0) is 0 Å². The molecule has 31 heavy (non-hydrogen) atoms. The highest BCUT2D eigenvalue weighted by Crippen LogP contribution is 2.39. The lowest BCUT2D eigenvalue weighted by atomic mass is 9.97. The quantitative estimate of drug-likeness (QED) is 0.386. The number of nitrogens with zero attached hydrogens (tertiary/aromatic N) is 1. The minimum atomic E-state index is -0.522. The molecule has 160 valence electrons. The summed E-state index contributed by atoms with van der Waals surface area (Å²) in [4.78, 5) is 28.4. The highest BCUT2D eigenvalue weighted by Gasteiger charge is 2.42. The van der Waals surface area contributed by atoms with Gasteiger partial charge in [0.25, 0.3) is 5.91 Å². The van der Waals surface area contributed by atoms with Gasteiger partial charge < -0.3 is 14.1 Å². The number of carbonyl (C=O) groups excluding carboxylic acids is 1. The van der Waals surface area contributed by atoms with Crippen LogP contribution < -0.4 is 10.2 Å². The van der Waals surface area contributed by atoms with Gasteiger partial charge in [0, 0.05) is 6.54 Å². The van der Waals surface area contributed by atoms with Crippen molar-refractivity contribution in [1.29, 1.82) is 0 Å². The summed E-state index contributed by atoms with van der Waals surface area (Å²) in [7, 11) is 0. The lowest BCUT2D eigenvalue weighted by Gasteiger charge is -2.24. The van der Waals surface area contributed by atoms with Gasteiger partial charge in [0.2, 0.25) is 5.76 Å². The SMILES string of the molecule is C=CCN1C(=O)c2oc3c(C)cc(C)cc3c(=O)c2C1c1ccc(OCCCC)cc1. The number of fused-ring (bicyclic) bond motifs is 2. The van der Waals surface area contributed by atoms with E-state index in [0.717, 1.165) is 35.3 Å². The van der Waals surface area contributed by atoms with Crippen LogP contribution in [0.5, 0.6) is 5.75 Å². The number of amides is 1. The maximum Gasteiger partial charge on any atom is 0.291 e. The van der Waals surface area contributed by atoms with E-state index in [1.54, 1.807) is 11.0 Å². The molecule has 0 spiro atoms. The van der Waals surface area contributed by atoms with Crippen LogP contribution in [-0.4, -0.2) is 24.0 Å². The van der Waals surface area contributed by atoms with Crippen LogP contribution in [0.25, 0.3) is 11.0 Å². The molecular formula is C26H27NO4. The van der Waals surface area contributed by atoms with E-state index in [1.165, 1.54) is 0 Å². The Morgan fingerprint density at radius 3 is 2.58 bits per heavy atom. The smallest absolute Gasteiger partial charge is 0.291 e. The third-order valence-corrected chi connectivity index (χ3v) is 5.69. The number of benzene rings is 2. The minimum Gasteiger partial charge on any atom is -0.494 e. The van der Waals surface area contributed by atoms with Crippen molar-refractivity contribution in [2.24, 2.45) is 0 Å². The Balaban J connectivity index is 1.85. The highest BCUT2D eigenvalue weighted by molar-refractivity contribution is 5.99. The van der Waals surface area contributed by atoms with E-state index < -0.39 is 6.04 Å². The van der Waals surface area contributed by atoms with Crippen LogP contribution in [0, 0.1) is 13.8 Å². The van der Waals surface area contributed by atoms with E-state index in [1.807, 2.05) is 50.2 Å². The number of hydrogen-bond acceptors (Lipinski definition) is 4. The maximum atomic E-state index is 13.6. The molecule has 5 heteroatoms. The fourth-order valence-corrected chi connectivity index (χ4v) is 4.23. The first-order valence-electron chi connectivity index (χ1n) is 10.7. The molecule has 2 aromatic carbocycles. The van der Waals surface area contributed by atoms with Crippen LogP contribution in [0.1, 0.15) is 58.6 Å². The molecule has 1 atom stereocenters. The fraction of sp³-hybridized carbons (Fsp3) is 0.308. The predicted molar refractivity (Wildman–Crippen MR) is 122 cm³/mol. The minimum absolute atomic E-state index is 0.125. The van der Waals surface area contributed by atoms with E-state index in [0.29, 0.717) is 29.7 Å². The first kappa shape index (κ1) is 20.9. The van der Waals surface area contributed by atoms with Gasteiger partial charge in [-0.2, -0.15) is 0 Å². The number of rotatable bonds is 7. The predicted octanol–water partition coefficient (Wildman–Crippen LogP) is 5.32. The molecule has 1 aliphatic heterocycles. The summed E-state index contributed by atoms with van der Waals surface area (Å²) in [6, 6.07) is 10.9. The molecule has 1 aliphatic rings. The monoisotopic (exact) mass is 417 g/mol. The average Bonchev–Trinajstić information content (AvgIpc) is 3.02. The van der Waals surface area contributed by atoms with E-state index in [9.17, 15) is 9.59 Å². The van der Waals surface area contributed by atoms with Gasteiger partial charge in [-0.15, -0.1) is 6.58 Å². The Morgan fingerprint density at radius 1 is 1.16 bits per heavy atom. The molecule has 0 bridgehead atoms. The normalized spacial score (nSPS) is 15.4. The Kier molecular flexibility index (Phi) is 5.68. The molecule has 0 aliphatic carbocycles. The first-order valence-corrected chi connectivity index (χ1v) is 10.7. The van der Waals surface area contributed by atoms with Crippen LogP contribution in [0.2, 0.25) is 0 Å². The summed E-state index contributed by atoms with van der Waals surface area (Å²) in [5.74, 6) is 0.607. The van der Waals surface area contributed by atoms with Crippen molar-refractivity contribution in [3.8, 4) is 5.75 Å². The highest BCUT2D eigenvalue weighted by atomic mass is 16.5. The Morgan fingerprint density at radius 2 is 1.90 bits per heavy atom.